The van der Waals surface area contributed by atoms with Gasteiger partial charge in [0.2, 0.25) is 10.0 Å². The molecule has 0 saturated heterocycles. The molecule has 0 spiro atoms. The number of nitrogens with one attached hydrogen (secondary N) is 2. The Morgan fingerprint density at radius 3 is 2.74 bits per heavy atom. The molecule has 9 heteroatoms. The Morgan fingerprint density at radius 2 is 2.00 bits per heavy atom. The first-order valence-electron chi connectivity index (χ1n) is 8.28. The van der Waals surface area contributed by atoms with Crippen molar-refractivity contribution in [1.82, 2.24) is 24.6 Å². The van der Waals surface area contributed by atoms with Gasteiger partial charge in [-0.1, -0.05) is 12.1 Å². The average molecular weight is 385 g/mol. The molecule has 1 amide bonds. The molecule has 0 aliphatic heterocycles. The van der Waals surface area contributed by atoms with Crippen molar-refractivity contribution in [3.63, 3.8) is 0 Å². The van der Waals surface area contributed by atoms with Gasteiger partial charge in [-0.2, -0.15) is 0 Å². The largest absolute Gasteiger partial charge is 0.350 e. The van der Waals surface area contributed by atoms with Crippen molar-refractivity contribution in [3.8, 4) is 0 Å². The Kier molecular flexibility index (Phi) is 5.94. The Morgan fingerprint density at radius 1 is 1.11 bits per heavy atom. The molecule has 0 aliphatic carbocycles. The van der Waals surface area contributed by atoms with E-state index in [4.69, 9.17) is 0 Å². The molecule has 0 fully saturated rings. The summed E-state index contributed by atoms with van der Waals surface area (Å²) in [5.41, 5.74) is 0.885. The van der Waals surface area contributed by atoms with Crippen LogP contribution in [0.4, 0.5) is 0 Å². The highest BCUT2D eigenvalue weighted by Crippen LogP contribution is 2.12. The van der Waals surface area contributed by atoms with Crippen LogP contribution in [-0.2, 0) is 23.1 Å². The van der Waals surface area contributed by atoms with Crippen molar-refractivity contribution < 1.29 is 13.2 Å². The number of amides is 1. The van der Waals surface area contributed by atoms with Gasteiger partial charge in [0.15, 0.2) is 0 Å². The number of sulfonamides is 1. The van der Waals surface area contributed by atoms with Crippen molar-refractivity contribution in [1.29, 1.82) is 0 Å². The first kappa shape index (κ1) is 18.7. The zero-order valence-corrected chi connectivity index (χ0v) is 15.3. The Bertz CT molecular complexity index is 989. The number of imidazole rings is 1. The number of aromatic nitrogens is 3. The Balaban J connectivity index is 1.62. The third kappa shape index (κ3) is 5.22. The van der Waals surface area contributed by atoms with E-state index in [0.717, 1.165) is 0 Å². The Labute approximate surface area is 157 Å². The van der Waals surface area contributed by atoms with Gasteiger partial charge in [-0.3, -0.25) is 9.78 Å². The van der Waals surface area contributed by atoms with E-state index in [0.29, 0.717) is 18.8 Å². The molecule has 0 radical (unpaired) electrons. The van der Waals surface area contributed by atoms with Crippen LogP contribution < -0.4 is 10.0 Å². The van der Waals surface area contributed by atoms with Gasteiger partial charge in [0, 0.05) is 37.2 Å². The minimum Gasteiger partial charge on any atom is -0.350 e. The summed E-state index contributed by atoms with van der Waals surface area (Å²) in [6, 6.07) is 11.2. The van der Waals surface area contributed by atoms with Gasteiger partial charge in [-0.15, -0.1) is 0 Å². The smallest absolute Gasteiger partial charge is 0.251 e. The predicted octanol–water partition coefficient (Wildman–Crippen LogP) is 1.19. The van der Waals surface area contributed by atoms with E-state index < -0.39 is 10.0 Å². The van der Waals surface area contributed by atoms with Gasteiger partial charge in [0.1, 0.15) is 0 Å². The minimum absolute atomic E-state index is 0.0284. The molecule has 0 saturated carbocycles. The zero-order chi connectivity index (χ0) is 19.1. The van der Waals surface area contributed by atoms with E-state index in [-0.39, 0.29) is 22.9 Å². The second-order valence-electron chi connectivity index (χ2n) is 5.73. The highest BCUT2D eigenvalue weighted by molar-refractivity contribution is 7.89. The molecule has 2 N–H and O–H groups in total. The molecule has 2 aromatic heterocycles. The molecular weight excluding hydrogens is 366 g/mol. The number of hydrogen-bond acceptors (Lipinski definition) is 5. The molecular formula is C18H19N5O3S. The van der Waals surface area contributed by atoms with Crippen LogP contribution in [0.5, 0.6) is 0 Å². The first-order chi connectivity index (χ1) is 13.0. The van der Waals surface area contributed by atoms with Crippen molar-refractivity contribution in [2.75, 3.05) is 6.54 Å². The molecule has 0 atom stereocenters. The standard InChI is InChI=1S/C18H19N5O3S/c24-18(21-9-11-23-10-8-19-14-23)15-4-3-6-17(12-15)27(25,26)22-13-16-5-1-2-7-20-16/h1-8,10,12,14,22H,9,11,13H2,(H,21,24). The maximum atomic E-state index is 12.5. The van der Waals surface area contributed by atoms with Crippen LogP contribution in [0.3, 0.4) is 0 Å². The number of hydrogen-bond donors (Lipinski definition) is 2. The second-order valence-corrected chi connectivity index (χ2v) is 7.50. The maximum Gasteiger partial charge on any atom is 0.251 e. The SMILES string of the molecule is O=C(NCCn1ccnc1)c1cccc(S(=O)(=O)NCc2ccccn2)c1. The van der Waals surface area contributed by atoms with Gasteiger partial charge < -0.3 is 9.88 Å². The fourth-order valence-corrected chi connectivity index (χ4v) is 3.42. The summed E-state index contributed by atoms with van der Waals surface area (Å²) in [4.78, 5) is 20.3. The monoisotopic (exact) mass is 385 g/mol. The summed E-state index contributed by atoms with van der Waals surface area (Å²) in [5.74, 6) is -0.336. The topological polar surface area (TPSA) is 106 Å². The number of pyridine rings is 1. The minimum atomic E-state index is -3.75. The molecule has 0 unspecified atom stereocenters. The average Bonchev–Trinajstić information content (AvgIpc) is 3.21. The molecule has 2 heterocycles. The fourth-order valence-electron chi connectivity index (χ4n) is 2.38. The summed E-state index contributed by atoms with van der Waals surface area (Å²) in [6.07, 6.45) is 6.71. The third-order valence-electron chi connectivity index (χ3n) is 3.79. The van der Waals surface area contributed by atoms with Crippen molar-refractivity contribution in [3.05, 3.63) is 78.6 Å². The van der Waals surface area contributed by atoms with Crippen LogP contribution >= 0.6 is 0 Å². The summed E-state index contributed by atoms with van der Waals surface area (Å²) < 4.78 is 29.3. The lowest BCUT2D eigenvalue weighted by Crippen LogP contribution is -2.28. The normalized spacial score (nSPS) is 11.3. The highest BCUT2D eigenvalue weighted by Gasteiger charge is 2.16. The highest BCUT2D eigenvalue weighted by atomic mass is 32.2. The lowest BCUT2D eigenvalue weighted by molar-refractivity contribution is 0.0952. The van der Waals surface area contributed by atoms with Gasteiger partial charge in [-0.05, 0) is 30.3 Å². The van der Waals surface area contributed by atoms with E-state index in [1.165, 1.54) is 12.1 Å². The fraction of sp³-hybridized carbons (Fsp3) is 0.167. The summed E-state index contributed by atoms with van der Waals surface area (Å²) >= 11 is 0. The van der Waals surface area contributed by atoms with E-state index in [1.807, 2.05) is 4.57 Å². The summed E-state index contributed by atoms with van der Waals surface area (Å²) in [7, 11) is -3.75. The van der Waals surface area contributed by atoms with Crippen molar-refractivity contribution >= 4 is 15.9 Å². The van der Waals surface area contributed by atoms with Crippen molar-refractivity contribution in [2.24, 2.45) is 0 Å². The van der Waals surface area contributed by atoms with Crippen LogP contribution in [0, 0.1) is 0 Å². The molecule has 27 heavy (non-hydrogen) atoms. The van der Waals surface area contributed by atoms with Crippen LogP contribution in [0.15, 0.2) is 72.3 Å². The van der Waals surface area contributed by atoms with Crippen LogP contribution in [0.1, 0.15) is 16.1 Å². The molecule has 3 aromatic rings. The van der Waals surface area contributed by atoms with E-state index in [1.54, 1.807) is 55.2 Å². The third-order valence-corrected chi connectivity index (χ3v) is 5.19. The first-order valence-corrected chi connectivity index (χ1v) is 9.76. The van der Waals surface area contributed by atoms with Gasteiger partial charge in [0.25, 0.3) is 5.91 Å². The van der Waals surface area contributed by atoms with Crippen LogP contribution in [0.2, 0.25) is 0 Å². The Hall–Kier alpha value is -3.04. The zero-order valence-electron chi connectivity index (χ0n) is 14.4. The molecule has 3 rings (SSSR count). The number of rotatable bonds is 8. The van der Waals surface area contributed by atoms with E-state index in [2.05, 4.69) is 20.0 Å². The predicted molar refractivity (Wildman–Crippen MR) is 99.3 cm³/mol. The molecule has 1 aromatic carbocycles. The van der Waals surface area contributed by atoms with Gasteiger partial charge in [0.05, 0.1) is 23.5 Å². The summed E-state index contributed by atoms with van der Waals surface area (Å²) in [5, 5.41) is 2.76. The number of carbonyl (C=O) groups is 1. The van der Waals surface area contributed by atoms with E-state index >= 15 is 0 Å². The number of carbonyl (C=O) groups excluding carboxylic acids is 1. The summed E-state index contributed by atoms with van der Waals surface area (Å²) in [6.45, 7) is 1.06. The lowest BCUT2D eigenvalue weighted by Gasteiger charge is -2.09. The van der Waals surface area contributed by atoms with Gasteiger partial charge in [-0.25, -0.2) is 18.1 Å². The van der Waals surface area contributed by atoms with Crippen molar-refractivity contribution in [2.45, 2.75) is 18.0 Å². The maximum absolute atomic E-state index is 12.5. The lowest BCUT2D eigenvalue weighted by atomic mass is 10.2. The van der Waals surface area contributed by atoms with Crippen LogP contribution in [0.25, 0.3) is 0 Å². The number of nitrogens with zero attached hydrogens (tertiary/aromatic N) is 3. The molecule has 0 aliphatic rings. The molecule has 0 bridgehead atoms. The second kappa shape index (κ2) is 8.56. The molecule has 140 valence electrons. The quantitative estimate of drug-likeness (QED) is 0.606. The number of benzene rings is 1. The van der Waals surface area contributed by atoms with Crippen LogP contribution in [-0.4, -0.2) is 35.4 Å². The van der Waals surface area contributed by atoms with Gasteiger partial charge >= 0.3 is 0 Å². The van der Waals surface area contributed by atoms with E-state index in [9.17, 15) is 13.2 Å². The molecule has 8 nitrogen and oxygen atoms in total.